The normalized spacial score (nSPS) is 11.7. The lowest BCUT2D eigenvalue weighted by molar-refractivity contribution is -0.0616. The van der Waals surface area contributed by atoms with Crippen molar-refractivity contribution in [2.45, 2.75) is 181 Å². The molecule has 0 aliphatic rings. The molecule has 0 spiro atoms. The standard InChI is InChI=1S/C33H68O3/c1-4-7-10-13-16-19-22-25-28-34-31-33(36-30-27-24-21-18-15-12-9-6-3)32-35-29-26-23-20-17-14-11-8-5-2/h33H,4-32H2,1-3H3. The molecule has 0 heterocycles. The number of rotatable bonds is 32. The molecule has 0 aromatic carbocycles. The van der Waals surface area contributed by atoms with Gasteiger partial charge in [-0.3, -0.25) is 0 Å². The molecule has 36 heavy (non-hydrogen) atoms. The topological polar surface area (TPSA) is 27.7 Å². The fourth-order valence-electron chi connectivity index (χ4n) is 4.74. The minimum atomic E-state index is 0.0950. The minimum absolute atomic E-state index is 0.0950. The van der Waals surface area contributed by atoms with E-state index >= 15 is 0 Å². The van der Waals surface area contributed by atoms with Gasteiger partial charge in [-0.15, -0.1) is 0 Å². The van der Waals surface area contributed by atoms with E-state index in [0.717, 1.165) is 19.8 Å². The van der Waals surface area contributed by atoms with Crippen LogP contribution in [0.2, 0.25) is 0 Å². The van der Waals surface area contributed by atoms with Gasteiger partial charge in [-0.05, 0) is 19.3 Å². The van der Waals surface area contributed by atoms with Gasteiger partial charge in [0, 0.05) is 19.8 Å². The highest BCUT2D eigenvalue weighted by molar-refractivity contribution is 4.57. The van der Waals surface area contributed by atoms with Crippen LogP contribution in [0.4, 0.5) is 0 Å². The molecule has 0 amide bonds. The van der Waals surface area contributed by atoms with Crippen LogP contribution >= 0.6 is 0 Å². The Morgan fingerprint density at radius 2 is 0.611 bits per heavy atom. The lowest BCUT2D eigenvalue weighted by atomic mass is 10.1. The molecule has 3 heteroatoms. The van der Waals surface area contributed by atoms with Crippen LogP contribution in [0, 0.1) is 0 Å². The molecule has 0 saturated carbocycles. The fourth-order valence-corrected chi connectivity index (χ4v) is 4.74. The predicted octanol–water partition coefficient (Wildman–Crippen LogP) is 10.8. The summed E-state index contributed by atoms with van der Waals surface area (Å²) in [5.74, 6) is 0. The van der Waals surface area contributed by atoms with Crippen molar-refractivity contribution in [3.8, 4) is 0 Å². The maximum Gasteiger partial charge on any atom is 0.104 e. The van der Waals surface area contributed by atoms with E-state index in [1.54, 1.807) is 0 Å². The largest absolute Gasteiger partial charge is 0.379 e. The first-order chi connectivity index (χ1) is 17.8. The number of unbranched alkanes of at least 4 members (excludes halogenated alkanes) is 21. The summed E-state index contributed by atoms with van der Waals surface area (Å²) in [6, 6.07) is 0. The summed E-state index contributed by atoms with van der Waals surface area (Å²) in [7, 11) is 0. The number of hydrogen-bond acceptors (Lipinski definition) is 3. The predicted molar refractivity (Wildman–Crippen MR) is 159 cm³/mol. The maximum atomic E-state index is 6.20. The summed E-state index contributed by atoms with van der Waals surface area (Å²) in [6.45, 7) is 10.8. The molecule has 0 N–H and O–H groups in total. The zero-order valence-electron chi connectivity index (χ0n) is 25.3. The van der Waals surface area contributed by atoms with Crippen LogP contribution < -0.4 is 0 Å². The highest BCUT2D eigenvalue weighted by atomic mass is 16.6. The first-order valence-electron chi connectivity index (χ1n) is 16.6. The Bertz CT molecular complexity index is 350. The first kappa shape index (κ1) is 35.9. The van der Waals surface area contributed by atoms with Gasteiger partial charge in [0.1, 0.15) is 6.10 Å². The zero-order valence-corrected chi connectivity index (χ0v) is 25.3. The Morgan fingerprint density at radius 1 is 0.333 bits per heavy atom. The van der Waals surface area contributed by atoms with Crippen LogP contribution in [-0.4, -0.2) is 39.1 Å². The second kappa shape index (κ2) is 32.9. The quantitative estimate of drug-likeness (QED) is 0.0839. The molecule has 0 rings (SSSR count). The van der Waals surface area contributed by atoms with E-state index in [-0.39, 0.29) is 6.10 Å². The van der Waals surface area contributed by atoms with Crippen molar-refractivity contribution in [2.75, 3.05) is 33.0 Å². The molecule has 0 aliphatic carbocycles. The van der Waals surface area contributed by atoms with Crippen molar-refractivity contribution in [1.29, 1.82) is 0 Å². The summed E-state index contributed by atoms with van der Waals surface area (Å²) in [4.78, 5) is 0. The van der Waals surface area contributed by atoms with Gasteiger partial charge in [0.15, 0.2) is 0 Å². The highest BCUT2D eigenvalue weighted by Gasteiger charge is 2.10. The summed E-state index contributed by atoms with van der Waals surface area (Å²) in [5, 5.41) is 0. The van der Waals surface area contributed by atoms with Crippen LogP contribution in [0.5, 0.6) is 0 Å². The molecule has 0 saturated heterocycles. The second-order valence-electron chi connectivity index (χ2n) is 11.1. The number of hydrogen-bond donors (Lipinski definition) is 0. The molecule has 0 unspecified atom stereocenters. The summed E-state index contributed by atoms with van der Waals surface area (Å²) >= 11 is 0. The van der Waals surface area contributed by atoms with Crippen LogP contribution in [0.25, 0.3) is 0 Å². The Hall–Kier alpha value is -0.120. The zero-order chi connectivity index (χ0) is 26.2. The summed E-state index contributed by atoms with van der Waals surface area (Å²) < 4.78 is 18.2. The van der Waals surface area contributed by atoms with Crippen LogP contribution in [0.15, 0.2) is 0 Å². The molecular weight excluding hydrogens is 444 g/mol. The second-order valence-corrected chi connectivity index (χ2v) is 11.1. The van der Waals surface area contributed by atoms with Crippen molar-refractivity contribution in [1.82, 2.24) is 0 Å². The highest BCUT2D eigenvalue weighted by Crippen LogP contribution is 2.11. The van der Waals surface area contributed by atoms with E-state index < -0.39 is 0 Å². The Balaban J connectivity index is 3.86. The van der Waals surface area contributed by atoms with Gasteiger partial charge in [0.25, 0.3) is 0 Å². The molecule has 0 fully saturated rings. The van der Waals surface area contributed by atoms with Crippen molar-refractivity contribution < 1.29 is 14.2 Å². The van der Waals surface area contributed by atoms with E-state index in [1.807, 2.05) is 0 Å². The van der Waals surface area contributed by atoms with Crippen molar-refractivity contribution in [3.63, 3.8) is 0 Å². The van der Waals surface area contributed by atoms with E-state index in [4.69, 9.17) is 14.2 Å². The van der Waals surface area contributed by atoms with Gasteiger partial charge in [-0.2, -0.15) is 0 Å². The molecule has 0 aromatic heterocycles. The lowest BCUT2D eigenvalue weighted by Crippen LogP contribution is -2.26. The fraction of sp³-hybridized carbons (Fsp3) is 1.00. The van der Waals surface area contributed by atoms with E-state index in [2.05, 4.69) is 20.8 Å². The molecule has 0 aliphatic heterocycles. The SMILES string of the molecule is CCCCCCCCCCOCC(COCCCCCCCCCC)OCCCCCCCCCC. The molecule has 218 valence electrons. The van der Waals surface area contributed by atoms with Crippen molar-refractivity contribution >= 4 is 0 Å². The maximum absolute atomic E-state index is 6.20. The molecular formula is C33H68O3. The Labute approximate surface area is 228 Å². The lowest BCUT2D eigenvalue weighted by Gasteiger charge is -2.18. The third kappa shape index (κ3) is 30.1. The molecule has 0 atom stereocenters. The smallest absolute Gasteiger partial charge is 0.104 e. The van der Waals surface area contributed by atoms with E-state index in [9.17, 15) is 0 Å². The third-order valence-electron chi connectivity index (χ3n) is 7.24. The molecule has 3 nitrogen and oxygen atoms in total. The van der Waals surface area contributed by atoms with Crippen molar-refractivity contribution in [3.05, 3.63) is 0 Å². The van der Waals surface area contributed by atoms with Gasteiger partial charge in [0.05, 0.1) is 13.2 Å². The monoisotopic (exact) mass is 513 g/mol. The average Bonchev–Trinajstić information content (AvgIpc) is 2.89. The third-order valence-corrected chi connectivity index (χ3v) is 7.24. The van der Waals surface area contributed by atoms with Crippen LogP contribution in [-0.2, 0) is 14.2 Å². The Kier molecular flexibility index (Phi) is 32.8. The molecule has 0 bridgehead atoms. The average molecular weight is 513 g/mol. The van der Waals surface area contributed by atoms with Gasteiger partial charge in [0.2, 0.25) is 0 Å². The van der Waals surface area contributed by atoms with Gasteiger partial charge in [-0.1, -0.05) is 156 Å². The van der Waals surface area contributed by atoms with Crippen LogP contribution in [0.1, 0.15) is 175 Å². The van der Waals surface area contributed by atoms with E-state index in [0.29, 0.717) is 13.2 Å². The van der Waals surface area contributed by atoms with Crippen LogP contribution in [0.3, 0.4) is 0 Å². The molecule has 0 radical (unpaired) electrons. The number of ether oxygens (including phenoxy) is 3. The van der Waals surface area contributed by atoms with Gasteiger partial charge < -0.3 is 14.2 Å². The summed E-state index contributed by atoms with van der Waals surface area (Å²) in [5.41, 5.74) is 0. The van der Waals surface area contributed by atoms with Gasteiger partial charge >= 0.3 is 0 Å². The molecule has 0 aromatic rings. The first-order valence-corrected chi connectivity index (χ1v) is 16.6. The van der Waals surface area contributed by atoms with Gasteiger partial charge in [-0.25, -0.2) is 0 Å². The Morgan fingerprint density at radius 3 is 0.944 bits per heavy atom. The summed E-state index contributed by atoms with van der Waals surface area (Å²) in [6.07, 6.45) is 32.3. The van der Waals surface area contributed by atoms with E-state index in [1.165, 1.54) is 154 Å². The minimum Gasteiger partial charge on any atom is -0.379 e. The van der Waals surface area contributed by atoms with Crippen molar-refractivity contribution in [2.24, 2.45) is 0 Å².